The summed E-state index contributed by atoms with van der Waals surface area (Å²) >= 11 is 0. The molecule has 1 aliphatic rings. The van der Waals surface area contributed by atoms with Crippen LogP contribution in [0.15, 0.2) is 54.6 Å². The smallest absolute Gasteiger partial charge is 0.348 e. The minimum atomic E-state index is -4.34. The van der Waals surface area contributed by atoms with Gasteiger partial charge in [-0.2, -0.15) is 13.2 Å². The first-order chi connectivity index (χ1) is 12.8. The minimum absolute atomic E-state index is 0.0111. The number of nitrogens with one attached hydrogen (secondary N) is 1. The molecular weight excluding hydrogens is 353 g/mol. The molecule has 2 aromatic carbocycles. The van der Waals surface area contributed by atoms with Crippen molar-refractivity contribution in [3.63, 3.8) is 0 Å². The summed E-state index contributed by atoms with van der Waals surface area (Å²) in [4.78, 5) is 14.7. The summed E-state index contributed by atoms with van der Waals surface area (Å²) in [6.45, 7) is 0.674. The molecule has 144 valence electrons. The summed E-state index contributed by atoms with van der Waals surface area (Å²) in [5.74, 6) is -0.242. The number of alkyl halides is 3. The Morgan fingerprint density at radius 3 is 2.30 bits per heavy atom. The first-order valence-electron chi connectivity index (χ1n) is 8.93. The van der Waals surface area contributed by atoms with Gasteiger partial charge < -0.3 is 10.2 Å². The van der Waals surface area contributed by atoms with Crippen LogP contribution < -0.4 is 5.32 Å². The number of likely N-dealkylation sites (N-methyl/N-ethyl adjacent to an activating group) is 1. The largest absolute Gasteiger partial charge is 0.416 e. The fourth-order valence-electron chi connectivity index (χ4n) is 3.34. The van der Waals surface area contributed by atoms with E-state index in [2.05, 4.69) is 5.32 Å². The third kappa shape index (κ3) is 4.89. The standard InChI is InChI=1S/C21H23F3N2O/c1-26(2)13-19(15-6-4-3-5-7-15)25-20(27)18-12-17(18)14-8-10-16(11-9-14)21(22,23)24/h3-11,17-19H,12-13H2,1-2H3,(H,25,27). The molecule has 0 spiro atoms. The Balaban J connectivity index is 1.64. The van der Waals surface area contributed by atoms with Gasteiger partial charge in [0, 0.05) is 12.5 Å². The zero-order valence-electron chi connectivity index (χ0n) is 15.3. The van der Waals surface area contributed by atoms with Gasteiger partial charge in [-0.25, -0.2) is 0 Å². The molecule has 3 unspecified atom stereocenters. The topological polar surface area (TPSA) is 32.3 Å². The summed E-state index contributed by atoms with van der Waals surface area (Å²) in [5, 5.41) is 3.10. The number of hydrogen-bond acceptors (Lipinski definition) is 2. The van der Waals surface area contributed by atoms with Crippen LogP contribution >= 0.6 is 0 Å². The number of rotatable bonds is 6. The molecule has 0 heterocycles. The maximum Gasteiger partial charge on any atom is 0.416 e. The van der Waals surface area contributed by atoms with Crippen molar-refractivity contribution < 1.29 is 18.0 Å². The van der Waals surface area contributed by atoms with E-state index >= 15 is 0 Å². The lowest BCUT2D eigenvalue weighted by Gasteiger charge is -2.23. The molecule has 0 bridgehead atoms. The van der Waals surface area contributed by atoms with Crippen molar-refractivity contribution in [3.8, 4) is 0 Å². The van der Waals surface area contributed by atoms with Crippen molar-refractivity contribution in [2.24, 2.45) is 5.92 Å². The minimum Gasteiger partial charge on any atom is -0.348 e. The quantitative estimate of drug-likeness (QED) is 0.818. The number of carbonyl (C=O) groups excluding carboxylic acids is 1. The van der Waals surface area contributed by atoms with Crippen LogP contribution in [0.2, 0.25) is 0 Å². The van der Waals surface area contributed by atoms with Gasteiger partial charge >= 0.3 is 6.18 Å². The summed E-state index contributed by atoms with van der Waals surface area (Å²) in [6.07, 6.45) is -3.67. The van der Waals surface area contributed by atoms with E-state index in [1.54, 1.807) is 0 Å². The lowest BCUT2D eigenvalue weighted by Crippen LogP contribution is -2.36. The molecule has 3 atom stereocenters. The van der Waals surface area contributed by atoms with E-state index in [4.69, 9.17) is 0 Å². The zero-order chi connectivity index (χ0) is 19.6. The number of halogens is 3. The molecule has 0 aliphatic heterocycles. The molecule has 27 heavy (non-hydrogen) atoms. The van der Waals surface area contributed by atoms with Crippen LogP contribution in [-0.2, 0) is 11.0 Å². The maximum atomic E-state index is 12.7. The molecule has 3 nitrogen and oxygen atoms in total. The molecular formula is C21H23F3N2O. The van der Waals surface area contributed by atoms with Gasteiger partial charge in [0.2, 0.25) is 5.91 Å². The zero-order valence-corrected chi connectivity index (χ0v) is 15.3. The van der Waals surface area contributed by atoms with Gasteiger partial charge in [0.15, 0.2) is 0 Å². The molecule has 1 fully saturated rings. The average Bonchev–Trinajstić information content (AvgIpc) is 3.42. The third-order valence-electron chi connectivity index (χ3n) is 4.86. The number of carbonyl (C=O) groups is 1. The van der Waals surface area contributed by atoms with Gasteiger partial charge in [-0.05, 0) is 49.7 Å². The van der Waals surface area contributed by atoms with Crippen molar-refractivity contribution in [3.05, 3.63) is 71.3 Å². The highest BCUT2D eigenvalue weighted by Crippen LogP contribution is 2.48. The van der Waals surface area contributed by atoms with Gasteiger partial charge in [0.05, 0.1) is 11.6 Å². The Hall–Kier alpha value is -2.34. The second kappa shape index (κ2) is 7.72. The molecule has 6 heteroatoms. The van der Waals surface area contributed by atoms with Crippen LogP contribution in [0, 0.1) is 5.92 Å². The summed E-state index contributed by atoms with van der Waals surface area (Å²) < 4.78 is 38.0. The SMILES string of the molecule is CN(C)CC(NC(=O)C1CC1c1ccc(C(F)(F)F)cc1)c1ccccc1. The lowest BCUT2D eigenvalue weighted by molar-refractivity contribution is -0.137. The Kier molecular flexibility index (Phi) is 5.56. The summed E-state index contributed by atoms with van der Waals surface area (Å²) in [5.41, 5.74) is 1.15. The van der Waals surface area contributed by atoms with E-state index in [0.29, 0.717) is 13.0 Å². The Morgan fingerprint density at radius 1 is 1.11 bits per heavy atom. The average molecular weight is 376 g/mol. The monoisotopic (exact) mass is 376 g/mol. The molecule has 2 aromatic rings. The van der Waals surface area contributed by atoms with Crippen LogP contribution in [-0.4, -0.2) is 31.4 Å². The molecule has 1 aliphatic carbocycles. The van der Waals surface area contributed by atoms with Gasteiger partial charge in [0.1, 0.15) is 0 Å². The predicted octanol–water partition coefficient (Wildman–Crippen LogP) is 4.23. The van der Waals surface area contributed by atoms with E-state index in [1.807, 2.05) is 49.3 Å². The first kappa shape index (κ1) is 19.4. The number of benzene rings is 2. The summed E-state index contributed by atoms with van der Waals surface area (Å²) in [7, 11) is 3.90. The molecule has 0 radical (unpaired) electrons. The second-order valence-electron chi connectivity index (χ2n) is 7.30. The fraction of sp³-hybridized carbons (Fsp3) is 0.381. The maximum absolute atomic E-state index is 12.7. The molecule has 0 aromatic heterocycles. The highest BCUT2D eigenvalue weighted by molar-refractivity contribution is 5.83. The normalized spacial score (nSPS) is 20.4. The Labute approximate surface area is 157 Å². The van der Waals surface area contributed by atoms with E-state index in [9.17, 15) is 18.0 Å². The molecule has 1 saturated carbocycles. The molecule has 1 amide bonds. The molecule has 3 rings (SSSR count). The van der Waals surface area contributed by atoms with E-state index in [-0.39, 0.29) is 23.8 Å². The van der Waals surface area contributed by atoms with Gasteiger partial charge in [-0.15, -0.1) is 0 Å². The van der Waals surface area contributed by atoms with Crippen LogP contribution in [0.3, 0.4) is 0 Å². The van der Waals surface area contributed by atoms with E-state index in [1.165, 1.54) is 12.1 Å². The Morgan fingerprint density at radius 2 is 1.74 bits per heavy atom. The van der Waals surface area contributed by atoms with Crippen LogP contribution in [0.25, 0.3) is 0 Å². The first-order valence-corrected chi connectivity index (χ1v) is 8.93. The van der Waals surface area contributed by atoms with Gasteiger partial charge in [-0.1, -0.05) is 42.5 Å². The van der Waals surface area contributed by atoms with Crippen molar-refractivity contribution in [2.75, 3.05) is 20.6 Å². The Bertz CT molecular complexity index is 772. The van der Waals surface area contributed by atoms with E-state index < -0.39 is 11.7 Å². The highest BCUT2D eigenvalue weighted by atomic mass is 19.4. The summed E-state index contributed by atoms with van der Waals surface area (Å²) in [6, 6.07) is 14.8. The van der Waals surface area contributed by atoms with Crippen LogP contribution in [0.5, 0.6) is 0 Å². The van der Waals surface area contributed by atoms with Gasteiger partial charge in [0.25, 0.3) is 0 Å². The van der Waals surface area contributed by atoms with Crippen LogP contribution in [0.1, 0.15) is 35.1 Å². The number of hydrogen-bond donors (Lipinski definition) is 1. The van der Waals surface area contributed by atoms with Crippen molar-refractivity contribution >= 4 is 5.91 Å². The number of amides is 1. The second-order valence-corrected chi connectivity index (χ2v) is 7.30. The molecule has 0 saturated heterocycles. The van der Waals surface area contributed by atoms with Crippen molar-refractivity contribution in [2.45, 2.75) is 24.6 Å². The number of nitrogens with zero attached hydrogens (tertiary/aromatic N) is 1. The predicted molar refractivity (Wildman–Crippen MR) is 98.2 cm³/mol. The van der Waals surface area contributed by atoms with E-state index in [0.717, 1.165) is 23.3 Å². The molecule has 1 N–H and O–H groups in total. The van der Waals surface area contributed by atoms with Gasteiger partial charge in [-0.3, -0.25) is 4.79 Å². The highest BCUT2D eigenvalue weighted by Gasteiger charge is 2.44. The van der Waals surface area contributed by atoms with Crippen LogP contribution in [0.4, 0.5) is 13.2 Å². The third-order valence-corrected chi connectivity index (χ3v) is 4.86. The lowest BCUT2D eigenvalue weighted by atomic mass is 10.0. The fourth-order valence-corrected chi connectivity index (χ4v) is 3.34. The van der Waals surface area contributed by atoms with Crippen molar-refractivity contribution in [1.82, 2.24) is 10.2 Å². The van der Waals surface area contributed by atoms with Crippen molar-refractivity contribution in [1.29, 1.82) is 0 Å².